The van der Waals surface area contributed by atoms with Gasteiger partial charge in [-0.05, 0) is 40.8 Å². The van der Waals surface area contributed by atoms with Crippen molar-refractivity contribution in [1.82, 2.24) is 0 Å². The molecule has 2 N–H and O–H groups in total. The third-order valence-electron chi connectivity index (χ3n) is 1.86. The number of benzene rings is 1. The summed E-state index contributed by atoms with van der Waals surface area (Å²) in [7, 11) is 0. The third-order valence-corrected chi connectivity index (χ3v) is 3.68. The molecule has 0 radical (unpaired) electrons. The minimum atomic E-state index is -0.0349. The molecule has 5 heteroatoms. The lowest BCUT2D eigenvalue weighted by atomic mass is 10.3. The zero-order valence-corrected chi connectivity index (χ0v) is 11.9. The van der Waals surface area contributed by atoms with Gasteiger partial charge in [-0.3, -0.25) is 4.79 Å². The van der Waals surface area contributed by atoms with Crippen molar-refractivity contribution in [2.24, 2.45) is 0 Å². The molecule has 0 bridgehead atoms. The number of aliphatic hydroxyl groups is 1. The molecule has 0 aliphatic carbocycles. The molecule has 1 amide bonds. The molecule has 0 spiro atoms. The molecule has 3 nitrogen and oxygen atoms in total. The van der Waals surface area contributed by atoms with E-state index in [4.69, 9.17) is 5.11 Å². The van der Waals surface area contributed by atoms with E-state index in [1.807, 2.05) is 31.2 Å². The van der Waals surface area contributed by atoms with Gasteiger partial charge in [-0.1, -0.05) is 13.0 Å². The van der Waals surface area contributed by atoms with E-state index in [1.165, 1.54) is 11.8 Å². The monoisotopic (exact) mass is 351 g/mol. The lowest BCUT2D eigenvalue weighted by Gasteiger charge is -2.08. The molecule has 1 unspecified atom stereocenters. The Labute approximate surface area is 113 Å². The summed E-state index contributed by atoms with van der Waals surface area (Å²) in [6.45, 7) is 1.99. The van der Waals surface area contributed by atoms with Crippen LogP contribution in [0.3, 0.4) is 0 Å². The molecular formula is C11H14INO2S. The van der Waals surface area contributed by atoms with E-state index in [0.29, 0.717) is 5.75 Å². The third kappa shape index (κ3) is 5.18. The Kier molecular flexibility index (Phi) is 6.15. The van der Waals surface area contributed by atoms with Gasteiger partial charge in [-0.2, -0.15) is 0 Å². The predicted molar refractivity (Wildman–Crippen MR) is 76.8 cm³/mol. The molecule has 0 aromatic heterocycles. The van der Waals surface area contributed by atoms with Crippen molar-refractivity contribution >= 4 is 45.9 Å². The number of carbonyl (C=O) groups excluding carboxylic acids is 1. The quantitative estimate of drug-likeness (QED) is 0.801. The van der Waals surface area contributed by atoms with Crippen LogP contribution in [-0.2, 0) is 4.79 Å². The average molecular weight is 351 g/mol. The first kappa shape index (κ1) is 13.8. The second kappa shape index (κ2) is 7.13. The second-order valence-electron chi connectivity index (χ2n) is 3.36. The number of amides is 1. The first-order valence-electron chi connectivity index (χ1n) is 4.89. The zero-order valence-electron chi connectivity index (χ0n) is 8.94. The number of aliphatic hydroxyl groups excluding tert-OH is 1. The molecule has 16 heavy (non-hydrogen) atoms. The highest BCUT2D eigenvalue weighted by Crippen LogP contribution is 2.14. The van der Waals surface area contributed by atoms with Crippen LogP contribution in [0.5, 0.6) is 0 Å². The van der Waals surface area contributed by atoms with Gasteiger partial charge in [0.1, 0.15) is 0 Å². The summed E-state index contributed by atoms with van der Waals surface area (Å²) in [5, 5.41) is 11.7. The second-order valence-corrected chi connectivity index (χ2v) is 6.04. The van der Waals surface area contributed by atoms with E-state index in [2.05, 4.69) is 27.9 Å². The molecule has 1 aromatic carbocycles. The van der Waals surface area contributed by atoms with Gasteiger partial charge < -0.3 is 10.4 Å². The summed E-state index contributed by atoms with van der Waals surface area (Å²) >= 11 is 3.64. The maximum absolute atomic E-state index is 11.5. The van der Waals surface area contributed by atoms with Crippen molar-refractivity contribution in [3.8, 4) is 0 Å². The van der Waals surface area contributed by atoms with Crippen LogP contribution < -0.4 is 5.32 Å². The summed E-state index contributed by atoms with van der Waals surface area (Å²) in [4.78, 5) is 11.5. The Morgan fingerprint density at radius 2 is 2.38 bits per heavy atom. The Bertz CT molecular complexity index is 360. The largest absolute Gasteiger partial charge is 0.395 e. The molecule has 0 fully saturated rings. The van der Waals surface area contributed by atoms with Gasteiger partial charge in [0, 0.05) is 14.5 Å². The molecule has 0 heterocycles. The Morgan fingerprint density at radius 3 is 3.00 bits per heavy atom. The number of carbonyl (C=O) groups is 1. The smallest absolute Gasteiger partial charge is 0.234 e. The van der Waals surface area contributed by atoms with Crippen molar-refractivity contribution in [2.75, 3.05) is 17.7 Å². The Balaban J connectivity index is 2.40. The minimum Gasteiger partial charge on any atom is -0.395 e. The molecule has 0 aliphatic rings. The van der Waals surface area contributed by atoms with Crippen LogP contribution in [0, 0.1) is 3.57 Å². The molecule has 0 saturated heterocycles. The molecule has 88 valence electrons. The molecule has 0 aliphatic heterocycles. The van der Waals surface area contributed by atoms with Crippen LogP contribution in [0.4, 0.5) is 5.69 Å². The van der Waals surface area contributed by atoms with Crippen LogP contribution >= 0.6 is 34.4 Å². The van der Waals surface area contributed by atoms with Crippen molar-refractivity contribution in [3.63, 3.8) is 0 Å². The molecule has 1 aromatic rings. The number of thioether (sulfide) groups is 1. The normalized spacial score (nSPS) is 12.2. The number of nitrogens with one attached hydrogen (secondary N) is 1. The standard InChI is InChI=1S/C11H14INO2S/c1-8(6-14)16-7-11(15)13-10-4-2-3-9(12)5-10/h2-5,8,14H,6-7H2,1H3,(H,13,15). The molecule has 0 saturated carbocycles. The van der Waals surface area contributed by atoms with Gasteiger partial charge in [-0.15, -0.1) is 11.8 Å². The van der Waals surface area contributed by atoms with Gasteiger partial charge >= 0.3 is 0 Å². The maximum Gasteiger partial charge on any atom is 0.234 e. The number of hydrogen-bond donors (Lipinski definition) is 2. The fourth-order valence-corrected chi connectivity index (χ4v) is 2.19. The van der Waals surface area contributed by atoms with Crippen LogP contribution in [0.2, 0.25) is 0 Å². The van der Waals surface area contributed by atoms with E-state index in [1.54, 1.807) is 0 Å². The van der Waals surface area contributed by atoms with Gasteiger partial charge in [0.2, 0.25) is 5.91 Å². The van der Waals surface area contributed by atoms with E-state index in [0.717, 1.165) is 9.26 Å². The van der Waals surface area contributed by atoms with Crippen molar-refractivity contribution in [2.45, 2.75) is 12.2 Å². The Morgan fingerprint density at radius 1 is 1.62 bits per heavy atom. The topological polar surface area (TPSA) is 49.3 Å². The lowest BCUT2D eigenvalue weighted by molar-refractivity contribution is -0.113. The van der Waals surface area contributed by atoms with Gasteiger partial charge in [0.25, 0.3) is 0 Å². The number of halogens is 1. The summed E-state index contributed by atoms with van der Waals surface area (Å²) in [6.07, 6.45) is 0. The first-order chi connectivity index (χ1) is 7.61. The first-order valence-corrected chi connectivity index (χ1v) is 7.02. The van der Waals surface area contributed by atoms with E-state index in [9.17, 15) is 4.79 Å². The van der Waals surface area contributed by atoms with Gasteiger partial charge in [0.05, 0.1) is 12.4 Å². The zero-order chi connectivity index (χ0) is 12.0. The number of anilines is 1. The molecular weight excluding hydrogens is 337 g/mol. The average Bonchev–Trinajstić information content (AvgIpc) is 2.26. The number of hydrogen-bond acceptors (Lipinski definition) is 3. The van der Waals surface area contributed by atoms with Gasteiger partial charge in [0.15, 0.2) is 0 Å². The SMILES string of the molecule is CC(CO)SCC(=O)Nc1cccc(I)c1. The highest BCUT2D eigenvalue weighted by Gasteiger charge is 2.06. The number of rotatable bonds is 5. The minimum absolute atomic E-state index is 0.0349. The van der Waals surface area contributed by atoms with E-state index >= 15 is 0 Å². The Hall–Kier alpha value is -0.270. The molecule has 1 atom stereocenters. The maximum atomic E-state index is 11.5. The summed E-state index contributed by atoms with van der Waals surface area (Å²) in [5.41, 5.74) is 0.814. The fourth-order valence-electron chi connectivity index (χ4n) is 1.03. The van der Waals surface area contributed by atoms with E-state index in [-0.39, 0.29) is 17.8 Å². The summed E-state index contributed by atoms with van der Waals surface area (Å²) in [6, 6.07) is 7.65. The highest BCUT2D eigenvalue weighted by molar-refractivity contribution is 14.1. The van der Waals surface area contributed by atoms with Crippen LogP contribution in [0.1, 0.15) is 6.92 Å². The van der Waals surface area contributed by atoms with Crippen molar-refractivity contribution in [3.05, 3.63) is 27.8 Å². The summed E-state index contributed by atoms with van der Waals surface area (Å²) < 4.78 is 1.09. The summed E-state index contributed by atoms with van der Waals surface area (Å²) in [5.74, 6) is 0.333. The highest BCUT2D eigenvalue weighted by atomic mass is 127. The molecule has 1 rings (SSSR count). The van der Waals surface area contributed by atoms with Crippen LogP contribution in [0.15, 0.2) is 24.3 Å². The van der Waals surface area contributed by atoms with E-state index < -0.39 is 0 Å². The van der Waals surface area contributed by atoms with Crippen molar-refractivity contribution < 1.29 is 9.90 Å². The fraction of sp³-hybridized carbons (Fsp3) is 0.364. The van der Waals surface area contributed by atoms with Crippen LogP contribution in [-0.4, -0.2) is 28.6 Å². The van der Waals surface area contributed by atoms with Crippen molar-refractivity contribution in [1.29, 1.82) is 0 Å². The lowest BCUT2D eigenvalue weighted by Crippen LogP contribution is -2.16. The predicted octanol–water partition coefficient (Wildman–Crippen LogP) is 2.34. The van der Waals surface area contributed by atoms with Gasteiger partial charge in [-0.25, -0.2) is 0 Å². The van der Waals surface area contributed by atoms with Crippen LogP contribution in [0.25, 0.3) is 0 Å².